The van der Waals surface area contributed by atoms with E-state index in [-0.39, 0.29) is 12.5 Å². The third-order valence-electron chi connectivity index (χ3n) is 3.29. The van der Waals surface area contributed by atoms with Crippen molar-refractivity contribution in [2.24, 2.45) is 0 Å². The van der Waals surface area contributed by atoms with Crippen LogP contribution < -0.4 is 10.1 Å². The van der Waals surface area contributed by atoms with Crippen LogP contribution in [0.5, 0.6) is 5.75 Å². The Labute approximate surface area is 125 Å². The predicted octanol–water partition coefficient (Wildman–Crippen LogP) is 3.26. The third kappa shape index (κ3) is 3.94. The number of nitrogens with one attached hydrogen (secondary N) is 1. The zero-order valence-electron chi connectivity index (χ0n) is 12.8. The van der Waals surface area contributed by atoms with E-state index in [1.165, 1.54) is 5.56 Å². The Bertz CT molecular complexity index is 623. The van der Waals surface area contributed by atoms with Crippen LogP contribution in [0.1, 0.15) is 38.7 Å². The van der Waals surface area contributed by atoms with Crippen LogP contribution in [-0.2, 0) is 4.79 Å². The number of amides is 1. The summed E-state index contributed by atoms with van der Waals surface area (Å²) in [6.45, 7) is 6.98. The number of hydrogen-bond donors (Lipinski definition) is 1. The molecule has 21 heavy (non-hydrogen) atoms. The van der Waals surface area contributed by atoms with E-state index in [1.807, 2.05) is 25.1 Å². The van der Waals surface area contributed by atoms with Gasteiger partial charge >= 0.3 is 0 Å². The summed E-state index contributed by atoms with van der Waals surface area (Å²) in [7, 11) is 0. The van der Waals surface area contributed by atoms with Crippen molar-refractivity contribution in [3.05, 3.63) is 36.0 Å². The number of benzene rings is 1. The Balaban J connectivity index is 2.23. The first-order chi connectivity index (χ1) is 10.1. The molecule has 0 aliphatic rings. The summed E-state index contributed by atoms with van der Waals surface area (Å²) in [4.78, 5) is 16.0. The zero-order valence-corrected chi connectivity index (χ0v) is 12.8. The van der Waals surface area contributed by atoms with Gasteiger partial charge < -0.3 is 10.1 Å². The highest BCUT2D eigenvalue weighted by Crippen LogP contribution is 2.29. The summed E-state index contributed by atoms with van der Waals surface area (Å²) in [5, 5.41) is 3.84. The van der Waals surface area contributed by atoms with Crippen LogP contribution >= 0.6 is 0 Å². The van der Waals surface area contributed by atoms with Crippen molar-refractivity contribution in [2.45, 2.75) is 33.1 Å². The molecule has 0 spiro atoms. The smallest absolute Gasteiger partial charge is 0.257 e. The summed E-state index contributed by atoms with van der Waals surface area (Å²) in [6.07, 6.45) is 2.65. The second kappa shape index (κ2) is 7.07. The van der Waals surface area contributed by atoms with E-state index >= 15 is 0 Å². The molecule has 0 bridgehead atoms. The molecular weight excluding hydrogens is 264 g/mol. The molecule has 0 unspecified atom stereocenters. The second-order valence-electron chi connectivity index (χ2n) is 5.39. The first-order valence-electron chi connectivity index (χ1n) is 7.40. The number of nitrogens with zero attached hydrogens (tertiary/aromatic N) is 1. The first-order valence-corrected chi connectivity index (χ1v) is 7.40. The lowest BCUT2D eigenvalue weighted by molar-refractivity contribution is -0.123. The SMILES string of the molecule is CCCNC(=O)COc1cc(C(C)C)cc2cccnc12. The maximum absolute atomic E-state index is 11.7. The minimum atomic E-state index is -0.101. The number of aromatic nitrogens is 1. The summed E-state index contributed by atoms with van der Waals surface area (Å²) in [5.41, 5.74) is 1.98. The Morgan fingerprint density at radius 1 is 1.38 bits per heavy atom. The molecule has 4 heteroatoms. The summed E-state index contributed by atoms with van der Waals surface area (Å²) in [5.74, 6) is 0.963. The lowest BCUT2D eigenvalue weighted by Gasteiger charge is -2.13. The highest BCUT2D eigenvalue weighted by Gasteiger charge is 2.10. The molecule has 0 aliphatic heterocycles. The quantitative estimate of drug-likeness (QED) is 0.886. The zero-order chi connectivity index (χ0) is 15.2. The number of carbonyl (C=O) groups excluding carboxylic acids is 1. The van der Waals surface area contributed by atoms with E-state index in [0.717, 1.165) is 17.3 Å². The standard InChI is InChI=1S/C17H22N2O2/c1-4-7-18-16(20)11-21-15-10-14(12(2)3)9-13-6-5-8-19-17(13)15/h5-6,8-10,12H,4,7,11H2,1-3H3,(H,18,20). The van der Waals surface area contributed by atoms with Gasteiger partial charge in [-0.1, -0.05) is 26.8 Å². The molecule has 1 heterocycles. The molecule has 1 amide bonds. The van der Waals surface area contributed by atoms with Crippen molar-refractivity contribution >= 4 is 16.8 Å². The number of pyridine rings is 1. The molecule has 0 aliphatic carbocycles. The molecule has 0 atom stereocenters. The van der Waals surface area contributed by atoms with E-state index in [9.17, 15) is 4.79 Å². The Morgan fingerprint density at radius 2 is 2.19 bits per heavy atom. The van der Waals surface area contributed by atoms with Crippen molar-refractivity contribution < 1.29 is 9.53 Å². The van der Waals surface area contributed by atoms with Gasteiger partial charge in [-0.25, -0.2) is 0 Å². The molecule has 2 aromatic rings. The van der Waals surface area contributed by atoms with Gasteiger partial charge in [0.15, 0.2) is 6.61 Å². The molecule has 0 saturated heterocycles. The van der Waals surface area contributed by atoms with Crippen LogP contribution in [-0.4, -0.2) is 24.0 Å². The van der Waals surface area contributed by atoms with Gasteiger partial charge in [-0.15, -0.1) is 0 Å². The normalized spacial score (nSPS) is 10.9. The van der Waals surface area contributed by atoms with Crippen LogP contribution in [0, 0.1) is 0 Å². The van der Waals surface area contributed by atoms with Gasteiger partial charge in [-0.3, -0.25) is 9.78 Å². The predicted molar refractivity (Wildman–Crippen MR) is 84.6 cm³/mol. The molecule has 1 N–H and O–H groups in total. The number of hydrogen-bond acceptors (Lipinski definition) is 3. The van der Waals surface area contributed by atoms with Gasteiger partial charge in [0.25, 0.3) is 5.91 Å². The van der Waals surface area contributed by atoms with Crippen molar-refractivity contribution in [3.8, 4) is 5.75 Å². The second-order valence-corrected chi connectivity index (χ2v) is 5.39. The van der Waals surface area contributed by atoms with Gasteiger partial charge in [-0.2, -0.15) is 0 Å². The molecule has 4 nitrogen and oxygen atoms in total. The van der Waals surface area contributed by atoms with Crippen molar-refractivity contribution in [3.63, 3.8) is 0 Å². The Morgan fingerprint density at radius 3 is 2.90 bits per heavy atom. The number of rotatable bonds is 6. The lowest BCUT2D eigenvalue weighted by Crippen LogP contribution is -2.29. The minimum Gasteiger partial charge on any atom is -0.481 e. The number of fused-ring (bicyclic) bond motifs is 1. The molecule has 2 rings (SSSR count). The molecule has 0 saturated carbocycles. The van der Waals surface area contributed by atoms with Gasteiger partial charge in [0.1, 0.15) is 11.3 Å². The van der Waals surface area contributed by atoms with E-state index in [4.69, 9.17) is 4.74 Å². The largest absolute Gasteiger partial charge is 0.481 e. The first kappa shape index (κ1) is 15.3. The molecule has 0 fully saturated rings. The molecular formula is C17H22N2O2. The third-order valence-corrected chi connectivity index (χ3v) is 3.29. The number of carbonyl (C=O) groups is 1. The van der Waals surface area contributed by atoms with Gasteiger partial charge in [-0.05, 0) is 36.1 Å². The van der Waals surface area contributed by atoms with Crippen molar-refractivity contribution in [1.82, 2.24) is 10.3 Å². The monoisotopic (exact) mass is 286 g/mol. The highest BCUT2D eigenvalue weighted by atomic mass is 16.5. The molecule has 0 radical (unpaired) electrons. The highest BCUT2D eigenvalue weighted by molar-refractivity contribution is 5.86. The van der Waals surface area contributed by atoms with Crippen LogP contribution in [0.15, 0.2) is 30.5 Å². The Hall–Kier alpha value is -2.10. The van der Waals surface area contributed by atoms with E-state index in [1.54, 1.807) is 6.20 Å². The topological polar surface area (TPSA) is 51.2 Å². The van der Waals surface area contributed by atoms with Crippen LogP contribution in [0.2, 0.25) is 0 Å². The fourth-order valence-electron chi connectivity index (χ4n) is 2.08. The summed E-state index contributed by atoms with van der Waals surface area (Å²) < 4.78 is 5.69. The fourth-order valence-corrected chi connectivity index (χ4v) is 2.08. The van der Waals surface area contributed by atoms with E-state index in [2.05, 4.69) is 30.2 Å². The van der Waals surface area contributed by atoms with Gasteiger partial charge in [0.2, 0.25) is 0 Å². The fraction of sp³-hybridized carbons (Fsp3) is 0.412. The molecule has 112 valence electrons. The van der Waals surface area contributed by atoms with E-state index in [0.29, 0.717) is 18.2 Å². The maximum Gasteiger partial charge on any atom is 0.257 e. The molecule has 1 aromatic heterocycles. The average Bonchev–Trinajstić information content (AvgIpc) is 2.50. The Kier molecular flexibility index (Phi) is 5.14. The lowest BCUT2D eigenvalue weighted by atomic mass is 10.0. The molecule has 1 aromatic carbocycles. The van der Waals surface area contributed by atoms with Crippen LogP contribution in [0.4, 0.5) is 0 Å². The average molecular weight is 286 g/mol. The van der Waals surface area contributed by atoms with Crippen molar-refractivity contribution in [2.75, 3.05) is 13.2 Å². The van der Waals surface area contributed by atoms with Gasteiger partial charge in [0, 0.05) is 18.1 Å². The summed E-state index contributed by atoms with van der Waals surface area (Å²) in [6, 6.07) is 8.02. The summed E-state index contributed by atoms with van der Waals surface area (Å²) >= 11 is 0. The minimum absolute atomic E-state index is 0.0211. The maximum atomic E-state index is 11.7. The van der Waals surface area contributed by atoms with Crippen LogP contribution in [0.3, 0.4) is 0 Å². The van der Waals surface area contributed by atoms with E-state index < -0.39 is 0 Å². The van der Waals surface area contributed by atoms with Crippen LogP contribution in [0.25, 0.3) is 10.9 Å². The van der Waals surface area contributed by atoms with Crippen molar-refractivity contribution in [1.29, 1.82) is 0 Å². The van der Waals surface area contributed by atoms with Gasteiger partial charge in [0.05, 0.1) is 0 Å². The number of ether oxygens (including phenoxy) is 1.